The summed E-state index contributed by atoms with van der Waals surface area (Å²) in [7, 11) is 3.94. The number of benzene rings is 1. The Hall–Kier alpha value is -1.18. The molecular weight excluding hydrogens is 210 g/mol. The molecule has 2 heteroatoms. The molecule has 0 saturated heterocycles. The quantitative estimate of drug-likeness (QED) is 0.862. The molecular formula is C15H23NO. The number of hydrogen-bond donors (Lipinski definition) is 1. The molecule has 0 atom stereocenters. The number of phenols is 1. The maximum atomic E-state index is 9.77. The van der Waals surface area contributed by atoms with E-state index in [9.17, 15) is 5.11 Å². The summed E-state index contributed by atoms with van der Waals surface area (Å²) in [5, 5.41) is 9.77. The summed E-state index contributed by atoms with van der Waals surface area (Å²) in [6.07, 6.45) is 8.11. The minimum atomic E-state index is 0.377. The summed E-state index contributed by atoms with van der Waals surface area (Å²) in [6, 6.07) is 6.02. The van der Waals surface area contributed by atoms with Gasteiger partial charge in [0.2, 0.25) is 0 Å². The predicted molar refractivity (Wildman–Crippen MR) is 72.7 cm³/mol. The van der Waals surface area contributed by atoms with Gasteiger partial charge in [-0.1, -0.05) is 38.2 Å². The van der Waals surface area contributed by atoms with Crippen molar-refractivity contribution in [2.45, 2.75) is 38.5 Å². The van der Waals surface area contributed by atoms with Gasteiger partial charge in [0.15, 0.2) is 0 Å². The molecule has 0 amide bonds. The number of hydrogen-bond acceptors (Lipinski definition) is 2. The van der Waals surface area contributed by atoms with Crippen molar-refractivity contribution in [3.63, 3.8) is 0 Å². The van der Waals surface area contributed by atoms with Crippen molar-refractivity contribution in [3.05, 3.63) is 23.8 Å². The molecule has 1 N–H and O–H groups in total. The molecule has 1 fully saturated rings. The second-order valence-corrected chi connectivity index (χ2v) is 5.43. The number of nitrogens with zero attached hydrogens (tertiary/aromatic N) is 1. The van der Waals surface area contributed by atoms with E-state index in [2.05, 4.69) is 12.1 Å². The van der Waals surface area contributed by atoms with Gasteiger partial charge < -0.3 is 10.0 Å². The van der Waals surface area contributed by atoms with Crippen LogP contribution in [0.3, 0.4) is 0 Å². The minimum Gasteiger partial charge on any atom is -0.506 e. The molecule has 0 unspecified atom stereocenters. The zero-order valence-electron chi connectivity index (χ0n) is 10.9. The lowest BCUT2D eigenvalue weighted by Gasteiger charge is -2.22. The van der Waals surface area contributed by atoms with Crippen molar-refractivity contribution >= 4 is 5.69 Å². The Balaban J connectivity index is 2.07. The Bertz CT molecular complexity index is 367. The molecule has 0 radical (unpaired) electrons. The highest BCUT2D eigenvalue weighted by molar-refractivity contribution is 5.58. The molecule has 0 aromatic heterocycles. The molecule has 2 rings (SSSR count). The molecule has 0 spiro atoms. The molecule has 1 saturated carbocycles. The van der Waals surface area contributed by atoms with Gasteiger partial charge in [0, 0.05) is 14.1 Å². The Labute approximate surface area is 104 Å². The van der Waals surface area contributed by atoms with E-state index in [1.165, 1.54) is 44.1 Å². The highest BCUT2D eigenvalue weighted by Crippen LogP contribution is 2.31. The summed E-state index contributed by atoms with van der Waals surface area (Å²) in [6.45, 7) is 0. The van der Waals surface area contributed by atoms with Crippen molar-refractivity contribution in [3.8, 4) is 5.75 Å². The standard InChI is InChI=1S/C15H23NO/c1-16(2)14-11-13(8-9-15(14)17)10-12-6-4-3-5-7-12/h8-9,11-12,17H,3-7,10H2,1-2H3. The normalized spacial score (nSPS) is 17.1. The number of anilines is 1. The predicted octanol–water partition coefficient (Wildman–Crippen LogP) is 3.58. The van der Waals surface area contributed by atoms with Crippen LogP contribution in [0.1, 0.15) is 37.7 Å². The van der Waals surface area contributed by atoms with Crippen LogP contribution in [-0.2, 0) is 6.42 Å². The van der Waals surface area contributed by atoms with Gasteiger partial charge in [-0.15, -0.1) is 0 Å². The third-order valence-electron chi connectivity index (χ3n) is 3.77. The Morgan fingerprint density at radius 1 is 1.18 bits per heavy atom. The Kier molecular flexibility index (Phi) is 3.93. The molecule has 94 valence electrons. The monoisotopic (exact) mass is 233 g/mol. The van der Waals surface area contributed by atoms with Gasteiger partial charge in [-0.05, 0) is 30.0 Å². The fourth-order valence-corrected chi connectivity index (χ4v) is 2.78. The van der Waals surface area contributed by atoms with Crippen LogP contribution >= 0.6 is 0 Å². The molecule has 0 bridgehead atoms. The molecule has 1 aliphatic rings. The van der Waals surface area contributed by atoms with E-state index in [0.29, 0.717) is 5.75 Å². The van der Waals surface area contributed by atoms with Crippen molar-refractivity contribution in [1.82, 2.24) is 0 Å². The third-order valence-corrected chi connectivity index (χ3v) is 3.77. The summed E-state index contributed by atoms with van der Waals surface area (Å²) in [5.41, 5.74) is 2.29. The van der Waals surface area contributed by atoms with Crippen molar-refractivity contribution in [2.24, 2.45) is 5.92 Å². The number of rotatable bonds is 3. The average Bonchev–Trinajstić information content (AvgIpc) is 2.32. The molecule has 1 aromatic rings. The largest absolute Gasteiger partial charge is 0.506 e. The Morgan fingerprint density at radius 3 is 2.53 bits per heavy atom. The molecule has 1 aliphatic carbocycles. The molecule has 0 aliphatic heterocycles. The smallest absolute Gasteiger partial charge is 0.138 e. The lowest BCUT2D eigenvalue weighted by atomic mass is 9.85. The SMILES string of the molecule is CN(C)c1cc(CC2CCCCC2)ccc1O. The van der Waals surface area contributed by atoms with Crippen LogP contribution in [0.5, 0.6) is 5.75 Å². The Morgan fingerprint density at radius 2 is 1.88 bits per heavy atom. The van der Waals surface area contributed by atoms with Gasteiger partial charge in [-0.3, -0.25) is 0 Å². The van der Waals surface area contributed by atoms with E-state index < -0.39 is 0 Å². The molecule has 1 aromatic carbocycles. The van der Waals surface area contributed by atoms with Crippen LogP contribution in [0.25, 0.3) is 0 Å². The van der Waals surface area contributed by atoms with Crippen LogP contribution in [0, 0.1) is 5.92 Å². The van der Waals surface area contributed by atoms with Crippen LogP contribution in [-0.4, -0.2) is 19.2 Å². The van der Waals surface area contributed by atoms with E-state index in [-0.39, 0.29) is 0 Å². The van der Waals surface area contributed by atoms with Crippen LogP contribution in [0.15, 0.2) is 18.2 Å². The van der Waals surface area contributed by atoms with Gasteiger partial charge in [-0.2, -0.15) is 0 Å². The average molecular weight is 233 g/mol. The van der Waals surface area contributed by atoms with Gasteiger partial charge in [-0.25, -0.2) is 0 Å². The van der Waals surface area contributed by atoms with E-state index in [4.69, 9.17) is 0 Å². The lowest BCUT2D eigenvalue weighted by Crippen LogP contribution is -2.11. The first-order valence-corrected chi connectivity index (χ1v) is 6.66. The first-order chi connectivity index (χ1) is 8.16. The number of aromatic hydroxyl groups is 1. The zero-order chi connectivity index (χ0) is 12.3. The fourth-order valence-electron chi connectivity index (χ4n) is 2.78. The van der Waals surface area contributed by atoms with Gasteiger partial charge in [0.25, 0.3) is 0 Å². The third kappa shape index (κ3) is 3.15. The first-order valence-electron chi connectivity index (χ1n) is 6.66. The summed E-state index contributed by atoms with van der Waals surface area (Å²) < 4.78 is 0. The summed E-state index contributed by atoms with van der Waals surface area (Å²) in [4.78, 5) is 1.97. The zero-order valence-corrected chi connectivity index (χ0v) is 10.9. The van der Waals surface area contributed by atoms with E-state index in [1.54, 1.807) is 0 Å². The van der Waals surface area contributed by atoms with Crippen LogP contribution in [0.2, 0.25) is 0 Å². The van der Waals surface area contributed by atoms with Crippen LogP contribution < -0.4 is 4.90 Å². The molecule has 0 heterocycles. The fraction of sp³-hybridized carbons (Fsp3) is 0.600. The van der Waals surface area contributed by atoms with Gasteiger partial charge >= 0.3 is 0 Å². The second kappa shape index (κ2) is 5.44. The van der Waals surface area contributed by atoms with Crippen molar-refractivity contribution in [1.29, 1.82) is 0 Å². The van der Waals surface area contributed by atoms with Gasteiger partial charge in [0.1, 0.15) is 5.75 Å². The van der Waals surface area contributed by atoms with Crippen molar-refractivity contribution < 1.29 is 5.11 Å². The van der Waals surface area contributed by atoms with E-state index in [1.807, 2.05) is 25.1 Å². The van der Waals surface area contributed by atoms with E-state index in [0.717, 1.165) is 11.6 Å². The lowest BCUT2D eigenvalue weighted by molar-refractivity contribution is 0.356. The molecule has 2 nitrogen and oxygen atoms in total. The van der Waals surface area contributed by atoms with Crippen LogP contribution in [0.4, 0.5) is 5.69 Å². The van der Waals surface area contributed by atoms with Crippen molar-refractivity contribution in [2.75, 3.05) is 19.0 Å². The van der Waals surface area contributed by atoms with E-state index >= 15 is 0 Å². The maximum absolute atomic E-state index is 9.77. The topological polar surface area (TPSA) is 23.5 Å². The summed E-state index contributed by atoms with van der Waals surface area (Å²) in [5.74, 6) is 1.23. The highest BCUT2D eigenvalue weighted by Gasteiger charge is 2.14. The second-order valence-electron chi connectivity index (χ2n) is 5.43. The number of phenolic OH excluding ortho intramolecular Hbond substituents is 1. The maximum Gasteiger partial charge on any atom is 0.138 e. The molecule has 17 heavy (non-hydrogen) atoms. The first kappa shape index (κ1) is 12.3. The minimum absolute atomic E-state index is 0.377. The highest BCUT2D eigenvalue weighted by atomic mass is 16.3. The van der Waals surface area contributed by atoms with Gasteiger partial charge in [0.05, 0.1) is 5.69 Å². The summed E-state index contributed by atoms with van der Waals surface area (Å²) >= 11 is 0.